The number of rotatable bonds is 8. The lowest BCUT2D eigenvalue weighted by Gasteiger charge is -2.25. The molecule has 2 aromatic rings. The highest BCUT2D eigenvalue weighted by Gasteiger charge is 2.22. The molecule has 1 aromatic carbocycles. The van der Waals surface area contributed by atoms with Crippen LogP contribution in [0.4, 0.5) is 0 Å². The predicted octanol–water partition coefficient (Wildman–Crippen LogP) is 2.41. The topological polar surface area (TPSA) is 71.5 Å². The normalized spacial score (nSPS) is 16.1. The minimum absolute atomic E-state index is 0.00251. The lowest BCUT2D eigenvalue weighted by atomic mass is 10.2. The van der Waals surface area contributed by atoms with Crippen molar-refractivity contribution in [3.8, 4) is 0 Å². The van der Waals surface area contributed by atoms with E-state index in [2.05, 4.69) is 10.3 Å². The summed E-state index contributed by atoms with van der Waals surface area (Å²) in [4.78, 5) is 30.8. The minimum Gasteiger partial charge on any atom is -0.376 e. The van der Waals surface area contributed by atoms with Gasteiger partial charge < -0.3 is 15.0 Å². The van der Waals surface area contributed by atoms with E-state index in [0.717, 1.165) is 25.0 Å². The standard InChI is InChI=1S/C21H25N3O3/c25-20(10-12-23-21(26)18-7-2-1-3-8-18)24(16-19-9-5-13-27-19)15-17-6-4-11-22-14-17/h1-4,6-8,11,14,19H,5,9-10,12-13,15-16H2,(H,23,26)/t19-/m1/s1. The van der Waals surface area contributed by atoms with Crippen molar-refractivity contribution in [2.75, 3.05) is 19.7 Å². The number of amides is 2. The second kappa shape index (κ2) is 9.83. The van der Waals surface area contributed by atoms with E-state index in [9.17, 15) is 9.59 Å². The number of ether oxygens (including phenoxy) is 1. The molecule has 0 bridgehead atoms. The number of hydrogen-bond acceptors (Lipinski definition) is 4. The maximum Gasteiger partial charge on any atom is 0.251 e. The zero-order chi connectivity index (χ0) is 18.9. The van der Waals surface area contributed by atoms with Crippen LogP contribution in [0, 0.1) is 0 Å². The van der Waals surface area contributed by atoms with Crippen LogP contribution in [0.2, 0.25) is 0 Å². The SMILES string of the molecule is O=C(NCCC(=O)N(Cc1cccnc1)C[C@H]1CCCO1)c1ccccc1. The maximum absolute atomic E-state index is 12.8. The maximum atomic E-state index is 12.8. The molecule has 0 spiro atoms. The van der Waals surface area contributed by atoms with Gasteiger partial charge in [-0.05, 0) is 36.6 Å². The van der Waals surface area contributed by atoms with E-state index >= 15 is 0 Å². The molecule has 2 amide bonds. The summed E-state index contributed by atoms with van der Waals surface area (Å²) in [7, 11) is 0. The van der Waals surface area contributed by atoms with Crippen LogP contribution in [0.5, 0.6) is 0 Å². The Labute approximate surface area is 159 Å². The molecule has 6 heteroatoms. The average molecular weight is 367 g/mol. The fraction of sp³-hybridized carbons (Fsp3) is 0.381. The van der Waals surface area contributed by atoms with Gasteiger partial charge in [-0.1, -0.05) is 24.3 Å². The summed E-state index contributed by atoms with van der Waals surface area (Å²) in [5, 5.41) is 2.81. The second-order valence-corrected chi connectivity index (χ2v) is 6.64. The number of nitrogens with one attached hydrogen (secondary N) is 1. The van der Waals surface area contributed by atoms with Gasteiger partial charge in [-0.2, -0.15) is 0 Å². The monoisotopic (exact) mass is 367 g/mol. The van der Waals surface area contributed by atoms with Gasteiger partial charge in [-0.15, -0.1) is 0 Å². The van der Waals surface area contributed by atoms with E-state index in [1.54, 1.807) is 24.5 Å². The van der Waals surface area contributed by atoms with Crippen molar-refractivity contribution in [2.24, 2.45) is 0 Å². The number of benzene rings is 1. The van der Waals surface area contributed by atoms with Crippen molar-refractivity contribution in [2.45, 2.75) is 31.9 Å². The van der Waals surface area contributed by atoms with Crippen LogP contribution in [0.15, 0.2) is 54.9 Å². The molecule has 1 atom stereocenters. The van der Waals surface area contributed by atoms with E-state index in [1.807, 2.05) is 35.2 Å². The zero-order valence-corrected chi connectivity index (χ0v) is 15.3. The van der Waals surface area contributed by atoms with E-state index < -0.39 is 0 Å². The molecule has 0 saturated carbocycles. The van der Waals surface area contributed by atoms with Gasteiger partial charge in [0.2, 0.25) is 5.91 Å². The third-order valence-corrected chi connectivity index (χ3v) is 4.56. The molecule has 6 nitrogen and oxygen atoms in total. The van der Waals surface area contributed by atoms with Gasteiger partial charge in [0, 0.05) is 50.6 Å². The first-order valence-electron chi connectivity index (χ1n) is 9.34. The van der Waals surface area contributed by atoms with Gasteiger partial charge in [-0.25, -0.2) is 0 Å². The number of carbonyl (C=O) groups is 2. The first kappa shape index (κ1) is 19.0. The van der Waals surface area contributed by atoms with Gasteiger partial charge in [0.05, 0.1) is 6.10 Å². The van der Waals surface area contributed by atoms with Gasteiger partial charge >= 0.3 is 0 Å². The Balaban J connectivity index is 1.54. The number of carbonyl (C=O) groups excluding carboxylic acids is 2. The van der Waals surface area contributed by atoms with Gasteiger partial charge in [0.1, 0.15) is 0 Å². The fourth-order valence-electron chi connectivity index (χ4n) is 3.13. The molecule has 0 radical (unpaired) electrons. The van der Waals surface area contributed by atoms with Gasteiger partial charge in [0.15, 0.2) is 0 Å². The number of nitrogens with zero attached hydrogens (tertiary/aromatic N) is 2. The predicted molar refractivity (Wildman–Crippen MR) is 102 cm³/mol. The van der Waals surface area contributed by atoms with Crippen molar-refractivity contribution in [3.05, 3.63) is 66.0 Å². The molecule has 3 rings (SSSR count). The van der Waals surface area contributed by atoms with Crippen molar-refractivity contribution >= 4 is 11.8 Å². The van der Waals surface area contributed by atoms with Gasteiger partial charge in [0.25, 0.3) is 5.91 Å². The Morgan fingerprint density at radius 2 is 2.04 bits per heavy atom. The third-order valence-electron chi connectivity index (χ3n) is 4.56. The molecule has 1 aliphatic rings. The smallest absolute Gasteiger partial charge is 0.251 e. The van der Waals surface area contributed by atoms with Gasteiger partial charge in [-0.3, -0.25) is 14.6 Å². The van der Waals surface area contributed by atoms with Crippen LogP contribution >= 0.6 is 0 Å². The van der Waals surface area contributed by atoms with E-state index in [4.69, 9.17) is 4.74 Å². The summed E-state index contributed by atoms with van der Waals surface area (Å²) in [5.74, 6) is -0.163. The largest absolute Gasteiger partial charge is 0.376 e. The molecule has 27 heavy (non-hydrogen) atoms. The van der Waals surface area contributed by atoms with Crippen molar-refractivity contribution in [1.82, 2.24) is 15.2 Å². The summed E-state index contributed by atoms with van der Waals surface area (Å²) in [5.41, 5.74) is 1.58. The summed E-state index contributed by atoms with van der Waals surface area (Å²) < 4.78 is 5.69. The highest BCUT2D eigenvalue weighted by atomic mass is 16.5. The van der Waals surface area contributed by atoms with Crippen LogP contribution in [0.25, 0.3) is 0 Å². The number of pyridine rings is 1. The molecule has 2 heterocycles. The molecule has 142 valence electrons. The molecular formula is C21H25N3O3. The molecule has 0 aliphatic carbocycles. The first-order chi connectivity index (χ1) is 13.2. The second-order valence-electron chi connectivity index (χ2n) is 6.64. The first-order valence-corrected chi connectivity index (χ1v) is 9.34. The molecule has 1 aromatic heterocycles. The zero-order valence-electron chi connectivity index (χ0n) is 15.3. The summed E-state index contributed by atoms with van der Waals surface area (Å²) in [6, 6.07) is 12.8. The molecule has 1 N–H and O–H groups in total. The quantitative estimate of drug-likeness (QED) is 0.778. The van der Waals surface area contributed by atoms with Crippen LogP contribution in [-0.2, 0) is 16.1 Å². The fourth-order valence-corrected chi connectivity index (χ4v) is 3.13. The van der Waals surface area contributed by atoms with Crippen molar-refractivity contribution < 1.29 is 14.3 Å². The van der Waals surface area contributed by atoms with Crippen LogP contribution in [0.1, 0.15) is 35.2 Å². The Hall–Kier alpha value is -2.73. The Morgan fingerprint density at radius 1 is 1.19 bits per heavy atom. The third kappa shape index (κ3) is 5.89. The average Bonchev–Trinajstić information content (AvgIpc) is 3.22. The Bertz CT molecular complexity index is 731. The molecule has 1 fully saturated rings. The van der Waals surface area contributed by atoms with E-state index in [0.29, 0.717) is 25.2 Å². The van der Waals surface area contributed by atoms with E-state index in [-0.39, 0.29) is 24.3 Å². The summed E-state index contributed by atoms with van der Waals surface area (Å²) in [6.07, 6.45) is 5.84. The highest BCUT2D eigenvalue weighted by Crippen LogP contribution is 2.15. The molecule has 1 aliphatic heterocycles. The van der Waals surface area contributed by atoms with E-state index in [1.165, 1.54) is 0 Å². The van der Waals surface area contributed by atoms with Crippen LogP contribution < -0.4 is 5.32 Å². The summed E-state index contributed by atoms with van der Waals surface area (Å²) >= 11 is 0. The summed E-state index contributed by atoms with van der Waals surface area (Å²) in [6.45, 7) is 2.13. The van der Waals surface area contributed by atoms with Crippen LogP contribution in [-0.4, -0.2) is 47.5 Å². The molecule has 1 saturated heterocycles. The minimum atomic E-state index is -0.165. The number of hydrogen-bond donors (Lipinski definition) is 1. The van der Waals surface area contributed by atoms with Crippen LogP contribution in [0.3, 0.4) is 0 Å². The molecular weight excluding hydrogens is 342 g/mol. The lowest BCUT2D eigenvalue weighted by molar-refractivity contribution is -0.133. The number of aromatic nitrogens is 1. The Kier molecular flexibility index (Phi) is 6.93. The Morgan fingerprint density at radius 3 is 2.74 bits per heavy atom. The van der Waals surface area contributed by atoms with Crippen molar-refractivity contribution in [1.29, 1.82) is 0 Å². The lowest BCUT2D eigenvalue weighted by Crippen LogP contribution is -2.38. The highest BCUT2D eigenvalue weighted by molar-refractivity contribution is 5.94. The molecule has 0 unspecified atom stereocenters. The van der Waals surface area contributed by atoms with Crippen molar-refractivity contribution in [3.63, 3.8) is 0 Å².